The van der Waals surface area contributed by atoms with Gasteiger partial charge in [-0.15, -0.1) is 10.2 Å². The Morgan fingerprint density at radius 1 is 1.12 bits per heavy atom. The van der Waals surface area contributed by atoms with Crippen molar-refractivity contribution >= 4 is 11.8 Å². The summed E-state index contributed by atoms with van der Waals surface area (Å²) in [6.07, 6.45) is 3.27. The number of rotatable bonds is 6. The Labute approximate surface area is 149 Å². The van der Waals surface area contributed by atoms with Gasteiger partial charge in [0.15, 0.2) is 0 Å². The molecule has 1 atom stereocenters. The lowest BCUT2D eigenvalue weighted by Crippen LogP contribution is -2.45. The Hall–Kier alpha value is -3.68. The molecule has 1 heterocycles. The Morgan fingerprint density at radius 2 is 1.81 bits per heavy atom. The molecule has 0 saturated heterocycles. The maximum atomic E-state index is 12.5. The second kappa shape index (κ2) is 7.47. The molecule has 0 fully saturated rings. The van der Waals surface area contributed by atoms with Crippen LogP contribution in [0.2, 0.25) is 0 Å². The first-order valence-corrected chi connectivity index (χ1v) is 7.86. The van der Waals surface area contributed by atoms with Gasteiger partial charge in [0.2, 0.25) is 5.91 Å². The summed E-state index contributed by atoms with van der Waals surface area (Å²) in [4.78, 5) is 24.3. The first-order valence-electron chi connectivity index (χ1n) is 7.86. The minimum Gasteiger partial charge on any atom is -0.508 e. The summed E-state index contributed by atoms with van der Waals surface area (Å²) in [5, 5.41) is 19.4. The number of carbonyl (C=O) groups is 2. The highest BCUT2D eigenvalue weighted by molar-refractivity contribution is 5.97. The van der Waals surface area contributed by atoms with Gasteiger partial charge in [-0.3, -0.25) is 14.2 Å². The molecule has 0 bridgehead atoms. The van der Waals surface area contributed by atoms with Gasteiger partial charge in [0.25, 0.3) is 5.91 Å². The average Bonchev–Trinajstić information content (AvgIpc) is 3.17. The zero-order chi connectivity index (χ0) is 18.5. The highest BCUT2D eigenvalue weighted by Gasteiger charge is 2.19. The molecule has 26 heavy (non-hydrogen) atoms. The Morgan fingerprint density at radius 3 is 2.46 bits per heavy atom. The van der Waals surface area contributed by atoms with Gasteiger partial charge in [0.1, 0.15) is 24.4 Å². The average molecular weight is 351 g/mol. The molecule has 3 rings (SSSR count). The number of nitrogens with one attached hydrogen (secondary N) is 1. The van der Waals surface area contributed by atoms with Crippen molar-refractivity contribution in [2.24, 2.45) is 5.73 Å². The number of carbonyl (C=O) groups excluding carboxylic acids is 2. The van der Waals surface area contributed by atoms with Crippen molar-refractivity contribution in [3.05, 3.63) is 72.3 Å². The van der Waals surface area contributed by atoms with Gasteiger partial charge in [-0.05, 0) is 35.9 Å². The quantitative estimate of drug-likeness (QED) is 0.606. The van der Waals surface area contributed by atoms with Crippen molar-refractivity contribution in [2.45, 2.75) is 12.5 Å². The number of hydrogen-bond donors (Lipinski definition) is 3. The van der Waals surface area contributed by atoms with E-state index in [2.05, 4.69) is 15.5 Å². The monoisotopic (exact) mass is 351 g/mol. The molecule has 0 spiro atoms. The van der Waals surface area contributed by atoms with Crippen LogP contribution in [0.3, 0.4) is 0 Å². The number of benzene rings is 2. The Bertz CT molecular complexity index is 907. The molecular formula is C18H17N5O3. The standard InChI is InChI=1S/C18H17N5O3/c19-17(25)16(8-12-4-6-15(24)7-5-12)22-18(26)13-2-1-3-14(9-13)23-10-20-21-11-23/h1-7,9-11,16,24H,8H2,(H2,19,25)(H,22,26)/t16-/m0/s1. The van der Waals surface area contributed by atoms with Gasteiger partial charge in [-0.1, -0.05) is 18.2 Å². The van der Waals surface area contributed by atoms with E-state index in [9.17, 15) is 14.7 Å². The fourth-order valence-corrected chi connectivity index (χ4v) is 2.47. The number of aromatic nitrogens is 3. The summed E-state index contributed by atoms with van der Waals surface area (Å²) in [5.41, 5.74) is 7.29. The number of aromatic hydroxyl groups is 1. The van der Waals surface area contributed by atoms with Crippen molar-refractivity contribution in [1.82, 2.24) is 20.1 Å². The van der Waals surface area contributed by atoms with E-state index in [0.717, 1.165) is 11.3 Å². The lowest BCUT2D eigenvalue weighted by Gasteiger charge is -2.16. The van der Waals surface area contributed by atoms with E-state index in [1.54, 1.807) is 34.9 Å². The first-order chi connectivity index (χ1) is 12.5. The summed E-state index contributed by atoms with van der Waals surface area (Å²) >= 11 is 0. The number of hydrogen-bond acceptors (Lipinski definition) is 5. The van der Waals surface area contributed by atoms with Crippen LogP contribution in [0.4, 0.5) is 0 Å². The maximum Gasteiger partial charge on any atom is 0.252 e. The van der Waals surface area contributed by atoms with Gasteiger partial charge >= 0.3 is 0 Å². The van der Waals surface area contributed by atoms with E-state index in [1.165, 1.54) is 24.8 Å². The van der Waals surface area contributed by atoms with Crippen LogP contribution in [0, 0.1) is 0 Å². The molecular weight excluding hydrogens is 334 g/mol. The molecule has 0 aliphatic heterocycles. The summed E-state index contributed by atoms with van der Waals surface area (Å²) in [5.74, 6) is -0.928. The number of phenols is 1. The number of nitrogens with two attached hydrogens (primary N) is 1. The molecule has 0 radical (unpaired) electrons. The maximum absolute atomic E-state index is 12.5. The highest BCUT2D eigenvalue weighted by atomic mass is 16.3. The topological polar surface area (TPSA) is 123 Å². The fourth-order valence-electron chi connectivity index (χ4n) is 2.47. The third-order valence-corrected chi connectivity index (χ3v) is 3.85. The molecule has 3 aromatic rings. The molecule has 0 aliphatic rings. The molecule has 2 amide bonds. The van der Waals surface area contributed by atoms with Crippen molar-refractivity contribution in [3.8, 4) is 11.4 Å². The smallest absolute Gasteiger partial charge is 0.252 e. The molecule has 1 aromatic heterocycles. The highest BCUT2D eigenvalue weighted by Crippen LogP contribution is 2.13. The van der Waals surface area contributed by atoms with Crippen LogP contribution in [-0.4, -0.2) is 37.7 Å². The van der Waals surface area contributed by atoms with E-state index in [4.69, 9.17) is 5.73 Å². The van der Waals surface area contributed by atoms with Crippen LogP contribution < -0.4 is 11.1 Å². The van der Waals surface area contributed by atoms with Gasteiger partial charge in [-0.25, -0.2) is 0 Å². The van der Waals surface area contributed by atoms with Crippen LogP contribution in [-0.2, 0) is 11.2 Å². The Kier molecular flexibility index (Phi) is 4.93. The molecule has 2 aromatic carbocycles. The minimum atomic E-state index is -0.870. The third kappa shape index (κ3) is 4.04. The van der Waals surface area contributed by atoms with Crippen molar-refractivity contribution in [1.29, 1.82) is 0 Å². The van der Waals surface area contributed by atoms with E-state index < -0.39 is 17.9 Å². The number of primary amides is 1. The normalized spacial score (nSPS) is 11.7. The van der Waals surface area contributed by atoms with Gasteiger partial charge in [0.05, 0.1) is 0 Å². The lowest BCUT2D eigenvalue weighted by molar-refractivity contribution is -0.119. The van der Waals surface area contributed by atoms with Crippen LogP contribution in [0.15, 0.2) is 61.2 Å². The number of nitrogens with zero attached hydrogens (tertiary/aromatic N) is 3. The summed E-state index contributed by atoms with van der Waals surface area (Å²) in [6.45, 7) is 0. The molecule has 0 unspecified atom stereocenters. The second-order valence-electron chi connectivity index (χ2n) is 5.72. The van der Waals surface area contributed by atoms with Gasteiger partial charge < -0.3 is 16.2 Å². The van der Waals surface area contributed by atoms with Crippen LogP contribution >= 0.6 is 0 Å². The molecule has 132 valence electrons. The Balaban J connectivity index is 1.75. The fraction of sp³-hybridized carbons (Fsp3) is 0.111. The largest absolute Gasteiger partial charge is 0.508 e. The molecule has 4 N–H and O–H groups in total. The molecule has 0 aliphatic carbocycles. The third-order valence-electron chi connectivity index (χ3n) is 3.85. The van der Waals surface area contributed by atoms with E-state index in [0.29, 0.717) is 5.56 Å². The zero-order valence-corrected chi connectivity index (χ0v) is 13.7. The van der Waals surface area contributed by atoms with Crippen molar-refractivity contribution in [3.63, 3.8) is 0 Å². The van der Waals surface area contributed by atoms with E-state index in [-0.39, 0.29) is 12.2 Å². The molecule has 8 heteroatoms. The van der Waals surface area contributed by atoms with Crippen LogP contribution in [0.25, 0.3) is 5.69 Å². The van der Waals surface area contributed by atoms with Crippen molar-refractivity contribution in [2.75, 3.05) is 0 Å². The van der Waals surface area contributed by atoms with E-state index in [1.807, 2.05) is 6.07 Å². The first kappa shape index (κ1) is 17.2. The molecule has 8 nitrogen and oxygen atoms in total. The number of phenolic OH excluding ortho intramolecular Hbond substituents is 1. The van der Waals surface area contributed by atoms with Crippen LogP contribution in [0.1, 0.15) is 15.9 Å². The lowest BCUT2D eigenvalue weighted by atomic mass is 10.0. The SMILES string of the molecule is NC(=O)[C@H](Cc1ccc(O)cc1)NC(=O)c1cccc(-n2cnnc2)c1. The predicted octanol–water partition coefficient (Wildman–Crippen LogP) is 0.799. The van der Waals surface area contributed by atoms with E-state index >= 15 is 0 Å². The van der Waals surface area contributed by atoms with Gasteiger partial charge in [-0.2, -0.15) is 0 Å². The summed E-state index contributed by atoms with van der Waals surface area (Å²) < 4.78 is 1.67. The molecule has 0 saturated carbocycles. The van der Waals surface area contributed by atoms with Crippen molar-refractivity contribution < 1.29 is 14.7 Å². The van der Waals surface area contributed by atoms with Crippen LogP contribution in [0.5, 0.6) is 5.75 Å². The second-order valence-corrected chi connectivity index (χ2v) is 5.72. The minimum absolute atomic E-state index is 0.124. The van der Waals surface area contributed by atoms with Gasteiger partial charge in [0, 0.05) is 17.7 Å². The summed E-state index contributed by atoms with van der Waals surface area (Å²) in [7, 11) is 0. The summed E-state index contributed by atoms with van der Waals surface area (Å²) in [6, 6.07) is 12.3. The predicted molar refractivity (Wildman–Crippen MR) is 93.6 cm³/mol. The number of amides is 2. The zero-order valence-electron chi connectivity index (χ0n) is 13.7.